The van der Waals surface area contributed by atoms with Crippen molar-refractivity contribution in [1.29, 1.82) is 0 Å². The molecule has 4 heteroatoms. The summed E-state index contributed by atoms with van der Waals surface area (Å²) in [6.07, 6.45) is 1.50. The maximum absolute atomic E-state index is 8.57. The molecule has 0 aromatic heterocycles. The highest BCUT2D eigenvalue weighted by Gasteiger charge is 2.13. The first kappa shape index (κ1) is 13.5. The van der Waals surface area contributed by atoms with Gasteiger partial charge < -0.3 is 16.3 Å². The second-order valence-electron chi connectivity index (χ2n) is 4.20. The van der Waals surface area contributed by atoms with Crippen molar-refractivity contribution in [2.45, 2.75) is 38.8 Å². The van der Waals surface area contributed by atoms with E-state index in [4.69, 9.17) is 10.9 Å². The van der Waals surface area contributed by atoms with E-state index in [2.05, 4.69) is 36.5 Å². The topological polar surface area (TPSA) is 70.6 Å². The van der Waals surface area contributed by atoms with Crippen molar-refractivity contribution < 1.29 is 5.21 Å². The molecular formula is C13H21N3O. The van der Waals surface area contributed by atoms with Crippen LogP contribution in [0.4, 0.5) is 0 Å². The molecule has 0 saturated heterocycles. The molecule has 4 N–H and O–H groups in total. The van der Waals surface area contributed by atoms with Gasteiger partial charge in [-0.15, -0.1) is 0 Å². The number of oxime groups is 1. The molecule has 0 aliphatic heterocycles. The second kappa shape index (κ2) is 6.91. The van der Waals surface area contributed by atoms with Crippen molar-refractivity contribution in [2.75, 3.05) is 0 Å². The van der Waals surface area contributed by atoms with Crippen LogP contribution < -0.4 is 11.1 Å². The normalized spacial score (nSPS) is 15.5. The van der Waals surface area contributed by atoms with E-state index in [1.54, 1.807) is 0 Å². The van der Waals surface area contributed by atoms with Crippen LogP contribution in [0.5, 0.6) is 0 Å². The molecule has 0 fully saturated rings. The van der Waals surface area contributed by atoms with Crippen molar-refractivity contribution >= 4 is 5.84 Å². The Balaban J connectivity index is 2.57. The van der Waals surface area contributed by atoms with E-state index in [9.17, 15) is 0 Å². The summed E-state index contributed by atoms with van der Waals surface area (Å²) in [5.41, 5.74) is 6.77. The summed E-state index contributed by atoms with van der Waals surface area (Å²) in [6.45, 7) is 4.20. The summed E-state index contributed by atoms with van der Waals surface area (Å²) in [5, 5.41) is 15.1. The van der Waals surface area contributed by atoms with E-state index < -0.39 is 0 Å². The third-order valence-electron chi connectivity index (χ3n) is 2.86. The predicted octanol–water partition coefficient (Wildman–Crippen LogP) is 2.25. The molecule has 1 unspecified atom stereocenters. The Bertz CT molecular complexity index is 351. The molecule has 94 valence electrons. The summed E-state index contributed by atoms with van der Waals surface area (Å²) in [4.78, 5) is 0. The van der Waals surface area contributed by atoms with Crippen LogP contribution in [0, 0.1) is 0 Å². The molecule has 0 amide bonds. The predicted molar refractivity (Wildman–Crippen MR) is 70.1 cm³/mol. The van der Waals surface area contributed by atoms with Crippen molar-refractivity contribution in [3.05, 3.63) is 35.9 Å². The molecule has 1 aromatic carbocycles. The number of rotatable bonds is 6. The highest BCUT2D eigenvalue weighted by molar-refractivity contribution is 5.80. The van der Waals surface area contributed by atoms with E-state index in [0.29, 0.717) is 6.42 Å². The highest BCUT2D eigenvalue weighted by Crippen LogP contribution is 2.13. The van der Waals surface area contributed by atoms with Gasteiger partial charge in [0.25, 0.3) is 0 Å². The zero-order valence-electron chi connectivity index (χ0n) is 10.4. The van der Waals surface area contributed by atoms with Crippen LogP contribution in [-0.4, -0.2) is 17.1 Å². The quantitative estimate of drug-likeness (QED) is 0.306. The first-order valence-electron chi connectivity index (χ1n) is 5.94. The van der Waals surface area contributed by atoms with E-state index in [1.165, 1.54) is 5.56 Å². The third-order valence-corrected chi connectivity index (χ3v) is 2.86. The summed E-state index contributed by atoms with van der Waals surface area (Å²) in [7, 11) is 0. The standard InChI is InChI=1S/C13H21N3O/c1-3-12(9-13(14)16-17)15-10(2)11-7-5-4-6-8-11/h4-8,10,12,15,17H,3,9H2,1-2H3,(H2,14,16)/t10-,12?/m0/s1. The summed E-state index contributed by atoms with van der Waals surface area (Å²) < 4.78 is 0. The monoisotopic (exact) mass is 235 g/mol. The first-order chi connectivity index (χ1) is 8.17. The van der Waals surface area contributed by atoms with Crippen LogP contribution in [0.15, 0.2) is 35.5 Å². The van der Waals surface area contributed by atoms with Crippen molar-refractivity contribution in [3.8, 4) is 0 Å². The van der Waals surface area contributed by atoms with E-state index in [1.807, 2.05) is 18.2 Å². The fourth-order valence-electron chi connectivity index (χ4n) is 1.81. The average molecular weight is 235 g/mol. The van der Waals surface area contributed by atoms with Gasteiger partial charge in [0.15, 0.2) is 0 Å². The second-order valence-corrected chi connectivity index (χ2v) is 4.20. The van der Waals surface area contributed by atoms with Gasteiger partial charge in [-0.1, -0.05) is 42.4 Å². The highest BCUT2D eigenvalue weighted by atomic mass is 16.4. The molecule has 0 saturated carbocycles. The number of hydrogen-bond donors (Lipinski definition) is 3. The van der Waals surface area contributed by atoms with Gasteiger partial charge in [0.05, 0.1) is 0 Å². The van der Waals surface area contributed by atoms with Gasteiger partial charge >= 0.3 is 0 Å². The number of nitrogens with two attached hydrogens (primary N) is 1. The third kappa shape index (κ3) is 4.44. The molecule has 4 nitrogen and oxygen atoms in total. The maximum Gasteiger partial charge on any atom is 0.140 e. The minimum atomic E-state index is 0.223. The number of hydrogen-bond acceptors (Lipinski definition) is 3. The summed E-state index contributed by atoms with van der Waals surface area (Å²) >= 11 is 0. The number of amidine groups is 1. The molecule has 17 heavy (non-hydrogen) atoms. The lowest BCUT2D eigenvalue weighted by molar-refractivity contribution is 0.315. The Labute approximate surface area is 103 Å². The minimum Gasteiger partial charge on any atom is -0.409 e. The van der Waals surface area contributed by atoms with Gasteiger partial charge in [-0.25, -0.2) is 0 Å². The SMILES string of the molecule is CCC(CC(N)=NO)N[C@@H](C)c1ccccc1. The smallest absolute Gasteiger partial charge is 0.140 e. The molecule has 0 bridgehead atoms. The van der Waals surface area contributed by atoms with Crippen molar-refractivity contribution in [3.63, 3.8) is 0 Å². The lowest BCUT2D eigenvalue weighted by atomic mass is 10.0. The van der Waals surface area contributed by atoms with Crippen LogP contribution in [-0.2, 0) is 0 Å². The molecule has 0 aliphatic rings. The number of benzene rings is 1. The average Bonchev–Trinajstić information content (AvgIpc) is 2.38. The van der Waals surface area contributed by atoms with Crippen LogP contribution >= 0.6 is 0 Å². The van der Waals surface area contributed by atoms with Crippen molar-refractivity contribution in [2.24, 2.45) is 10.9 Å². The molecule has 0 heterocycles. The number of nitrogens with one attached hydrogen (secondary N) is 1. The van der Waals surface area contributed by atoms with Gasteiger partial charge in [0, 0.05) is 18.5 Å². The Kier molecular flexibility index (Phi) is 5.49. The van der Waals surface area contributed by atoms with Crippen LogP contribution in [0.25, 0.3) is 0 Å². The zero-order valence-corrected chi connectivity index (χ0v) is 10.4. The van der Waals surface area contributed by atoms with Gasteiger partial charge in [0.1, 0.15) is 5.84 Å². The van der Waals surface area contributed by atoms with Gasteiger partial charge in [-0.2, -0.15) is 0 Å². The van der Waals surface area contributed by atoms with Crippen molar-refractivity contribution in [1.82, 2.24) is 5.32 Å². The lowest BCUT2D eigenvalue weighted by Gasteiger charge is -2.22. The molecule has 1 aromatic rings. The molecule has 1 rings (SSSR count). The molecule has 2 atom stereocenters. The minimum absolute atomic E-state index is 0.223. The maximum atomic E-state index is 8.57. The van der Waals surface area contributed by atoms with Crippen LogP contribution in [0.2, 0.25) is 0 Å². The lowest BCUT2D eigenvalue weighted by Crippen LogP contribution is -2.34. The van der Waals surface area contributed by atoms with E-state index in [0.717, 1.165) is 6.42 Å². The van der Waals surface area contributed by atoms with Gasteiger partial charge in [0.2, 0.25) is 0 Å². The van der Waals surface area contributed by atoms with Gasteiger partial charge in [-0.3, -0.25) is 0 Å². The van der Waals surface area contributed by atoms with Gasteiger partial charge in [-0.05, 0) is 18.9 Å². The van der Waals surface area contributed by atoms with Crippen LogP contribution in [0.3, 0.4) is 0 Å². The first-order valence-corrected chi connectivity index (χ1v) is 5.94. The Morgan fingerprint density at radius 3 is 2.59 bits per heavy atom. The fourth-order valence-corrected chi connectivity index (χ4v) is 1.81. The number of nitrogens with zero attached hydrogens (tertiary/aromatic N) is 1. The summed E-state index contributed by atoms with van der Waals surface area (Å²) in [6, 6.07) is 10.7. The largest absolute Gasteiger partial charge is 0.409 e. The van der Waals surface area contributed by atoms with E-state index >= 15 is 0 Å². The Hall–Kier alpha value is -1.55. The molecular weight excluding hydrogens is 214 g/mol. The molecule has 0 radical (unpaired) electrons. The Morgan fingerprint density at radius 1 is 1.41 bits per heavy atom. The summed E-state index contributed by atoms with van der Waals surface area (Å²) in [5.74, 6) is 0.268. The van der Waals surface area contributed by atoms with E-state index in [-0.39, 0.29) is 17.9 Å². The molecule has 0 aliphatic carbocycles. The fraction of sp³-hybridized carbons (Fsp3) is 0.462. The Morgan fingerprint density at radius 2 is 2.06 bits per heavy atom. The zero-order chi connectivity index (χ0) is 12.7. The molecule has 0 spiro atoms. The van der Waals surface area contributed by atoms with Crippen LogP contribution in [0.1, 0.15) is 38.3 Å².